The highest BCUT2D eigenvalue weighted by Crippen LogP contribution is 2.27. The molecule has 1 aliphatic rings. The average molecular weight is 230 g/mol. The van der Waals surface area contributed by atoms with Crippen molar-refractivity contribution in [3.63, 3.8) is 0 Å². The van der Waals surface area contributed by atoms with E-state index in [1.807, 2.05) is 0 Å². The molecule has 1 aliphatic carbocycles. The van der Waals surface area contributed by atoms with Gasteiger partial charge in [-0.05, 0) is 25.7 Å². The Bertz CT molecular complexity index is 159. The minimum absolute atomic E-state index is 0.425. The number of carbonyl (C=O) groups excluding carboxylic acids is 1. The number of nitrogens with one attached hydrogen (secondary N) is 1. The minimum atomic E-state index is 0.425. The Morgan fingerprint density at radius 3 is 2.44 bits per heavy atom. The second kappa shape index (κ2) is 10.9. The first-order chi connectivity index (χ1) is 7.76. The number of ether oxygens (including phenoxy) is 1. The van der Waals surface area contributed by atoms with Crippen molar-refractivity contribution in [2.24, 2.45) is 11.7 Å². The van der Waals surface area contributed by atoms with Crippen molar-refractivity contribution in [1.82, 2.24) is 5.32 Å². The Labute approximate surface area is 98.9 Å². The van der Waals surface area contributed by atoms with Crippen molar-refractivity contribution in [2.45, 2.75) is 45.1 Å². The van der Waals surface area contributed by atoms with E-state index in [0.29, 0.717) is 19.1 Å². The van der Waals surface area contributed by atoms with Gasteiger partial charge >= 0.3 is 0 Å². The topological polar surface area (TPSA) is 64.3 Å². The van der Waals surface area contributed by atoms with Crippen LogP contribution in [0, 0.1) is 5.92 Å². The fourth-order valence-electron chi connectivity index (χ4n) is 1.99. The van der Waals surface area contributed by atoms with Gasteiger partial charge in [0, 0.05) is 13.6 Å². The van der Waals surface area contributed by atoms with E-state index in [1.54, 1.807) is 7.05 Å². The molecule has 1 unspecified atom stereocenters. The third kappa shape index (κ3) is 7.65. The van der Waals surface area contributed by atoms with Crippen LogP contribution in [-0.4, -0.2) is 32.7 Å². The predicted molar refractivity (Wildman–Crippen MR) is 66.2 cm³/mol. The first-order valence-corrected chi connectivity index (χ1v) is 6.18. The monoisotopic (exact) mass is 230 g/mol. The number of rotatable bonds is 5. The lowest BCUT2D eigenvalue weighted by Gasteiger charge is -2.27. The summed E-state index contributed by atoms with van der Waals surface area (Å²) in [7, 11) is 1.56. The van der Waals surface area contributed by atoms with Crippen LogP contribution in [-0.2, 0) is 9.53 Å². The maximum absolute atomic E-state index is 9.06. The van der Waals surface area contributed by atoms with Crippen LogP contribution in [0.1, 0.15) is 39.0 Å². The zero-order valence-corrected chi connectivity index (χ0v) is 10.6. The van der Waals surface area contributed by atoms with Gasteiger partial charge in [-0.3, -0.25) is 4.79 Å². The van der Waals surface area contributed by atoms with Crippen LogP contribution >= 0.6 is 0 Å². The number of hydrogen-bond acceptors (Lipinski definition) is 3. The molecular weight excluding hydrogens is 204 g/mol. The molecule has 1 atom stereocenters. The van der Waals surface area contributed by atoms with Gasteiger partial charge in [-0.1, -0.05) is 19.3 Å². The lowest BCUT2D eigenvalue weighted by molar-refractivity contribution is -0.109. The van der Waals surface area contributed by atoms with Crippen molar-refractivity contribution >= 4 is 6.41 Å². The summed E-state index contributed by atoms with van der Waals surface area (Å²) >= 11 is 0. The quantitative estimate of drug-likeness (QED) is 0.700. The summed E-state index contributed by atoms with van der Waals surface area (Å²) in [5, 5.41) is 2.25. The van der Waals surface area contributed by atoms with E-state index >= 15 is 0 Å². The number of hydrogen-bond donors (Lipinski definition) is 2. The van der Waals surface area contributed by atoms with Crippen LogP contribution < -0.4 is 11.1 Å². The molecule has 4 nitrogen and oxygen atoms in total. The van der Waals surface area contributed by atoms with Crippen LogP contribution in [0.25, 0.3) is 0 Å². The molecule has 0 radical (unpaired) electrons. The molecule has 4 heteroatoms. The zero-order chi connectivity index (χ0) is 12.2. The summed E-state index contributed by atoms with van der Waals surface area (Å²) in [4.78, 5) is 9.06. The minimum Gasteiger partial charge on any atom is -0.377 e. The van der Waals surface area contributed by atoms with Crippen LogP contribution in [0.5, 0.6) is 0 Å². The molecule has 1 amide bonds. The van der Waals surface area contributed by atoms with Crippen LogP contribution in [0.2, 0.25) is 0 Å². The van der Waals surface area contributed by atoms with E-state index in [4.69, 9.17) is 15.3 Å². The maximum atomic E-state index is 9.06. The molecular formula is C12H26N2O2. The van der Waals surface area contributed by atoms with Gasteiger partial charge in [0.2, 0.25) is 6.41 Å². The van der Waals surface area contributed by atoms with E-state index in [9.17, 15) is 0 Å². The molecule has 3 N–H and O–H groups in total. The molecule has 0 aliphatic heterocycles. The normalized spacial score (nSPS) is 18.2. The van der Waals surface area contributed by atoms with Crippen molar-refractivity contribution in [3.8, 4) is 0 Å². The van der Waals surface area contributed by atoms with E-state index in [2.05, 4.69) is 12.2 Å². The number of carbonyl (C=O) groups is 1. The van der Waals surface area contributed by atoms with Crippen molar-refractivity contribution < 1.29 is 9.53 Å². The average Bonchev–Trinajstić information content (AvgIpc) is 2.37. The van der Waals surface area contributed by atoms with E-state index < -0.39 is 0 Å². The SMILES string of the molecule is CC(OCCN)C1CCCCC1.CNC=O. The Hall–Kier alpha value is -0.610. The predicted octanol–water partition coefficient (Wildman–Crippen LogP) is 1.29. The summed E-state index contributed by atoms with van der Waals surface area (Å²) in [5.41, 5.74) is 5.38. The van der Waals surface area contributed by atoms with E-state index in [0.717, 1.165) is 12.5 Å². The summed E-state index contributed by atoms with van der Waals surface area (Å²) in [6.07, 6.45) is 7.95. The Balaban J connectivity index is 0.000000487. The molecule has 0 saturated heterocycles. The molecule has 1 saturated carbocycles. The summed E-state index contributed by atoms with van der Waals surface area (Å²) in [5.74, 6) is 0.797. The molecule has 0 spiro atoms. The highest BCUT2D eigenvalue weighted by molar-refractivity contribution is 5.44. The van der Waals surface area contributed by atoms with Gasteiger partial charge < -0.3 is 15.8 Å². The van der Waals surface area contributed by atoms with Crippen molar-refractivity contribution in [1.29, 1.82) is 0 Å². The van der Waals surface area contributed by atoms with E-state index in [-0.39, 0.29) is 0 Å². The summed E-state index contributed by atoms with van der Waals surface area (Å²) in [6.45, 7) is 3.56. The maximum Gasteiger partial charge on any atom is 0.206 e. The van der Waals surface area contributed by atoms with Gasteiger partial charge in [0.1, 0.15) is 0 Å². The summed E-state index contributed by atoms with van der Waals surface area (Å²) < 4.78 is 5.61. The number of nitrogens with two attached hydrogens (primary N) is 1. The number of amides is 1. The van der Waals surface area contributed by atoms with Gasteiger partial charge in [-0.15, -0.1) is 0 Å². The van der Waals surface area contributed by atoms with Crippen LogP contribution in [0.15, 0.2) is 0 Å². The molecule has 0 heterocycles. The Morgan fingerprint density at radius 2 is 2.00 bits per heavy atom. The lowest BCUT2D eigenvalue weighted by atomic mass is 9.86. The molecule has 0 aromatic carbocycles. The molecule has 16 heavy (non-hydrogen) atoms. The van der Waals surface area contributed by atoms with Crippen molar-refractivity contribution in [3.05, 3.63) is 0 Å². The second-order valence-corrected chi connectivity index (χ2v) is 4.17. The standard InChI is InChI=1S/C10H21NO.C2H5NO/c1-9(12-8-7-11)10-5-3-2-4-6-10;1-3-2-4/h9-10H,2-8,11H2,1H3;2H,1H3,(H,3,4). The first kappa shape index (κ1) is 15.4. The highest BCUT2D eigenvalue weighted by Gasteiger charge is 2.19. The highest BCUT2D eigenvalue weighted by atomic mass is 16.5. The third-order valence-corrected chi connectivity index (χ3v) is 2.93. The Morgan fingerprint density at radius 1 is 1.44 bits per heavy atom. The molecule has 96 valence electrons. The molecule has 0 aromatic rings. The molecule has 1 fully saturated rings. The zero-order valence-electron chi connectivity index (χ0n) is 10.6. The van der Waals surface area contributed by atoms with Crippen molar-refractivity contribution in [2.75, 3.05) is 20.2 Å². The summed E-state index contributed by atoms with van der Waals surface area (Å²) in [6, 6.07) is 0. The largest absolute Gasteiger partial charge is 0.377 e. The fraction of sp³-hybridized carbons (Fsp3) is 0.917. The fourth-order valence-corrected chi connectivity index (χ4v) is 1.99. The van der Waals surface area contributed by atoms with Gasteiger partial charge in [0.05, 0.1) is 12.7 Å². The first-order valence-electron chi connectivity index (χ1n) is 6.18. The van der Waals surface area contributed by atoms with Crippen LogP contribution in [0.3, 0.4) is 0 Å². The van der Waals surface area contributed by atoms with Gasteiger partial charge in [0.25, 0.3) is 0 Å². The molecule has 0 aromatic heterocycles. The Kier molecular flexibility index (Phi) is 10.5. The van der Waals surface area contributed by atoms with Gasteiger partial charge in [-0.25, -0.2) is 0 Å². The molecule has 1 rings (SSSR count). The lowest BCUT2D eigenvalue weighted by Crippen LogP contribution is -2.25. The molecule has 0 bridgehead atoms. The van der Waals surface area contributed by atoms with Gasteiger partial charge in [0.15, 0.2) is 0 Å². The van der Waals surface area contributed by atoms with Gasteiger partial charge in [-0.2, -0.15) is 0 Å². The smallest absolute Gasteiger partial charge is 0.206 e. The third-order valence-electron chi connectivity index (χ3n) is 2.93. The van der Waals surface area contributed by atoms with Crippen LogP contribution in [0.4, 0.5) is 0 Å². The van der Waals surface area contributed by atoms with E-state index in [1.165, 1.54) is 32.1 Å². The second-order valence-electron chi connectivity index (χ2n) is 4.17.